The van der Waals surface area contributed by atoms with Crippen molar-refractivity contribution >= 4 is 5.69 Å². The highest BCUT2D eigenvalue weighted by molar-refractivity contribution is 5.94. The Hall–Kier alpha value is -3.32. The number of benzene rings is 4. The second kappa shape index (κ2) is 7.92. The normalized spacial score (nSPS) is 10.6. The number of anilines is 1. The van der Waals surface area contributed by atoms with Gasteiger partial charge in [0.2, 0.25) is 0 Å². The zero-order valence-electron chi connectivity index (χ0n) is 15.5. The molecule has 0 saturated carbocycles. The van der Waals surface area contributed by atoms with Crippen molar-refractivity contribution in [3.8, 4) is 33.4 Å². The van der Waals surface area contributed by atoms with E-state index in [2.05, 4.69) is 115 Å². The van der Waals surface area contributed by atoms with Crippen LogP contribution >= 0.6 is 0 Å². The van der Waals surface area contributed by atoms with Crippen molar-refractivity contribution in [3.63, 3.8) is 0 Å². The molecular weight excluding hydrogens is 326 g/mol. The van der Waals surface area contributed by atoms with Crippen LogP contribution in [0, 0.1) is 0 Å². The average molecular weight is 349 g/mol. The fourth-order valence-electron chi connectivity index (χ4n) is 3.50. The smallest absolute Gasteiger partial charge is 0.0499 e. The van der Waals surface area contributed by atoms with E-state index < -0.39 is 0 Å². The number of rotatable bonds is 5. The van der Waals surface area contributed by atoms with E-state index in [1.165, 1.54) is 39.1 Å². The van der Waals surface area contributed by atoms with Gasteiger partial charge in [0.05, 0.1) is 0 Å². The van der Waals surface area contributed by atoms with E-state index in [9.17, 15) is 0 Å². The van der Waals surface area contributed by atoms with Crippen molar-refractivity contribution in [1.29, 1.82) is 0 Å². The summed E-state index contributed by atoms with van der Waals surface area (Å²) in [6, 6.07) is 36.4. The van der Waals surface area contributed by atoms with E-state index in [0.717, 1.165) is 6.54 Å². The van der Waals surface area contributed by atoms with Gasteiger partial charge in [-0.1, -0.05) is 91.0 Å². The molecule has 132 valence electrons. The maximum Gasteiger partial charge on any atom is 0.0499 e. The third kappa shape index (κ3) is 3.63. The first-order chi connectivity index (χ1) is 13.4. The maximum absolute atomic E-state index is 3.62. The molecule has 0 aliphatic rings. The molecule has 0 fully saturated rings. The fourth-order valence-corrected chi connectivity index (χ4v) is 3.50. The standard InChI is InChI=1S/C26H23N/c1-2-27-26-24(21-14-8-4-9-15-21)18-23(20-12-6-3-7-13-20)19-25(26)22-16-10-5-11-17-22/h3-19,27H,2H2,1H3. The predicted molar refractivity (Wildman–Crippen MR) is 117 cm³/mol. The van der Waals surface area contributed by atoms with Crippen LogP contribution in [0.3, 0.4) is 0 Å². The lowest BCUT2D eigenvalue weighted by molar-refractivity contribution is 1.21. The summed E-state index contributed by atoms with van der Waals surface area (Å²) in [6.07, 6.45) is 0. The number of nitrogens with one attached hydrogen (secondary N) is 1. The summed E-state index contributed by atoms with van der Waals surface area (Å²) in [7, 11) is 0. The Labute approximate surface area is 161 Å². The number of hydrogen-bond acceptors (Lipinski definition) is 1. The maximum atomic E-state index is 3.62. The predicted octanol–water partition coefficient (Wildman–Crippen LogP) is 7.12. The quantitative estimate of drug-likeness (QED) is 0.404. The summed E-state index contributed by atoms with van der Waals surface area (Å²) in [5, 5.41) is 3.62. The van der Waals surface area contributed by atoms with Gasteiger partial charge in [-0.05, 0) is 41.3 Å². The van der Waals surface area contributed by atoms with Crippen LogP contribution in [0.4, 0.5) is 5.69 Å². The van der Waals surface area contributed by atoms with E-state index >= 15 is 0 Å². The summed E-state index contributed by atoms with van der Waals surface area (Å²) in [4.78, 5) is 0. The van der Waals surface area contributed by atoms with E-state index in [4.69, 9.17) is 0 Å². The molecule has 0 radical (unpaired) electrons. The molecule has 0 saturated heterocycles. The topological polar surface area (TPSA) is 12.0 Å². The average Bonchev–Trinajstić information content (AvgIpc) is 2.76. The molecule has 0 unspecified atom stereocenters. The van der Waals surface area contributed by atoms with Crippen LogP contribution in [0.2, 0.25) is 0 Å². The Morgan fingerprint density at radius 2 is 0.926 bits per heavy atom. The van der Waals surface area contributed by atoms with Crippen molar-refractivity contribution in [3.05, 3.63) is 103 Å². The minimum atomic E-state index is 0.879. The van der Waals surface area contributed by atoms with E-state index in [1.54, 1.807) is 0 Å². The molecule has 0 aromatic heterocycles. The minimum absolute atomic E-state index is 0.879. The SMILES string of the molecule is CCNc1c(-c2ccccc2)cc(-c2ccccc2)cc1-c1ccccc1. The zero-order chi connectivity index (χ0) is 18.5. The van der Waals surface area contributed by atoms with Gasteiger partial charge < -0.3 is 5.32 Å². The molecule has 0 amide bonds. The van der Waals surface area contributed by atoms with Crippen LogP contribution in [0.5, 0.6) is 0 Å². The molecule has 27 heavy (non-hydrogen) atoms. The van der Waals surface area contributed by atoms with Gasteiger partial charge >= 0.3 is 0 Å². The van der Waals surface area contributed by atoms with Crippen LogP contribution in [-0.2, 0) is 0 Å². The minimum Gasteiger partial charge on any atom is -0.384 e. The first-order valence-corrected chi connectivity index (χ1v) is 9.45. The van der Waals surface area contributed by atoms with E-state index in [1.807, 2.05) is 0 Å². The van der Waals surface area contributed by atoms with Crippen molar-refractivity contribution in [2.24, 2.45) is 0 Å². The van der Waals surface area contributed by atoms with Crippen molar-refractivity contribution in [2.75, 3.05) is 11.9 Å². The lowest BCUT2D eigenvalue weighted by atomic mass is 9.91. The number of hydrogen-bond donors (Lipinski definition) is 1. The summed E-state index contributed by atoms with van der Waals surface area (Å²) < 4.78 is 0. The highest BCUT2D eigenvalue weighted by Crippen LogP contribution is 2.40. The second-order valence-corrected chi connectivity index (χ2v) is 6.57. The van der Waals surface area contributed by atoms with Crippen molar-refractivity contribution in [1.82, 2.24) is 0 Å². The fraction of sp³-hybridized carbons (Fsp3) is 0.0769. The molecule has 4 aromatic rings. The Kier molecular flexibility index (Phi) is 5.02. The van der Waals surface area contributed by atoms with Gasteiger partial charge in [-0.3, -0.25) is 0 Å². The van der Waals surface area contributed by atoms with Crippen LogP contribution in [0.1, 0.15) is 6.92 Å². The monoisotopic (exact) mass is 349 g/mol. The van der Waals surface area contributed by atoms with Crippen molar-refractivity contribution in [2.45, 2.75) is 6.92 Å². The van der Waals surface area contributed by atoms with Crippen LogP contribution < -0.4 is 5.32 Å². The first kappa shape index (κ1) is 17.1. The summed E-state index contributed by atoms with van der Waals surface area (Å²) in [5.74, 6) is 0. The molecule has 0 heterocycles. The van der Waals surface area contributed by atoms with E-state index in [0.29, 0.717) is 0 Å². The molecule has 1 N–H and O–H groups in total. The Morgan fingerprint density at radius 3 is 1.33 bits per heavy atom. The molecule has 0 aliphatic carbocycles. The third-order valence-electron chi connectivity index (χ3n) is 4.77. The molecule has 0 bridgehead atoms. The lowest BCUT2D eigenvalue weighted by Crippen LogP contribution is -2.02. The highest BCUT2D eigenvalue weighted by Gasteiger charge is 2.14. The van der Waals surface area contributed by atoms with Crippen LogP contribution in [0.15, 0.2) is 103 Å². The van der Waals surface area contributed by atoms with Gasteiger partial charge in [0.1, 0.15) is 0 Å². The van der Waals surface area contributed by atoms with Crippen LogP contribution in [0.25, 0.3) is 33.4 Å². The molecule has 1 heteroatoms. The first-order valence-electron chi connectivity index (χ1n) is 9.45. The van der Waals surface area contributed by atoms with Crippen molar-refractivity contribution < 1.29 is 0 Å². The summed E-state index contributed by atoms with van der Waals surface area (Å²) in [5.41, 5.74) is 8.57. The van der Waals surface area contributed by atoms with Gasteiger partial charge in [-0.2, -0.15) is 0 Å². The Balaban J connectivity index is 2.01. The molecule has 1 nitrogen and oxygen atoms in total. The molecular formula is C26H23N. The summed E-state index contributed by atoms with van der Waals surface area (Å²) in [6.45, 7) is 3.03. The zero-order valence-corrected chi connectivity index (χ0v) is 15.5. The highest BCUT2D eigenvalue weighted by atomic mass is 14.9. The van der Waals surface area contributed by atoms with Gasteiger partial charge in [0.25, 0.3) is 0 Å². The Morgan fingerprint density at radius 1 is 0.519 bits per heavy atom. The molecule has 4 aromatic carbocycles. The molecule has 0 spiro atoms. The lowest BCUT2D eigenvalue weighted by Gasteiger charge is -2.19. The van der Waals surface area contributed by atoms with Crippen LogP contribution in [-0.4, -0.2) is 6.54 Å². The van der Waals surface area contributed by atoms with Gasteiger partial charge in [0, 0.05) is 23.4 Å². The van der Waals surface area contributed by atoms with E-state index in [-0.39, 0.29) is 0 Å². The largest absolute Gasteiger partial charge is 0.384 e. The van der Waals surface area contributed by atoms with Gasteiger partial charge in [0.15, 0.2) is 0 Å². The molecule has 0 aliphatic heterocycles. The third-order valence-corrected chi connectivity index (χ3v) is 4.77. The second-order valence-electron chi connectivity index (χ2n) is 6.57. The molecule has 0 atom stereocenters. The summed E-state index contributed by atoms with van der Waals surface area (Å²) >= 11 is 0. The Bertz CT molecular complexity index is 945. The van der Waals surface area contributed by atoms with Gasteiger partial charge in [-0.25, -0.2) is 0 Å². The molecule has 4 rings (SSSR count). The van der Waals surface area contributed by atoms with Gasteiger partial charge in [-0.15, -0.1) is 0 Å².